The van der Waals surface area contributed by atoms with Gasteiger partial charge < -0.3 is 20.1 Å². The molecule has 1 amide bonds. The zero-order valence-electron chi connectivity index (χ0n) is 15.4. The molecule has 7 nitrogen and oxygen atoms in total. The molecule has 3 rings (SSSR count). The molecule has 0 fully saturated rings. The van der Waals surface area contributed by atoms with Crippen molar-refractivity contribution >= 4 is 28.9 Å². The molecule has 0 saturated heterocycles. The number of pyridine rings is 1. The molecule has 0 unspecified atom stereocenters. The van der Waals surface area contributed by atoms with Gasteiger partial charge in [-0.1, -0.05) is 12.1 Å². The molecule has 2 aromatic carbocycles. The van der Waals surface area contributed by atoms with Gasteiger partial charge in [0.2, 0.25) is 0 Å². The van der Waals surface area contributed by atoms with E-state index >= 15 is 0 Å². The lowest BCUT2D eigenvalue weighted by Crippen LogP contribution is -2.16. The molecule has 0 saturated carbocycles. The van der Waals surface area contributed by atoms with E-state index < -0.39 is 11.9 Å². The minimum atomic E-state index is -0.529. The Kier molecular flexibility index (Phi) is 5.86. The van der Waals surface area contributed by atoms with Crippen molar-refractivity contribution in [3.63, 3.8) is 0 Å². The second-order valence-electron chi connectivity index (χ2n) is 5.77. The standard InChI is InChI=1S/C21H19N3O4/c1-27-16-9-7-14(8-10-16)23-15-11-12-22-19(13-15)20(25)24-18-6-4-3-5-17(18)21(26)28-2/h3-13H,1-2H3,(H,22,23)(H,24,25). The van der Waals surface area contributed by atoms with Gasteiger partial charge in [-0.25, -0.2) is 4.79 Å². The van der Waals surface area contributed by atoms with Crippen molar-refractivity contribution < 1.29 is 19.1 Å². The molecule has 2 N–H and O–H groups in total. The van der Waals surface area contributed by atoms with E-state index in [1.54, 1.807) is 43.5 Å². The van der Waals surface area contributed by atoms with Crippen molar-refractivity contribution in [3.8, 4) is 5.75 Å². The molecule has 142 valence electrons. The summed E-state index contributed by atoms with van der Waals surface area (Å²) in [6, 6.07) is 17.4. The second kappa shape index (κ2) is 8.68. The number of carbonyl (C=O) groups is 2. The minimum Gasteiger partial charge on any atom is -0.497 e. The predicted molar refractivity (Wildman–Crippen MR) is 106 cm³/mol. The van der Waals surface area contributed by atoms with Gasteiger partial charge in [0.25, 0.3) is 5.91 Å². The fraction of sp³-hybridized carbons (Fsp3) is 0.0952. The third-order valence-electron chi connectivity index (χ3n) is 3.95. The average molecular weight is 377 g/mol. The van der Waals surface area contributed by atoms with Crippen LogP contribution in [-0.4, -0.2) is 31.1 Å². The highest BCUT2D eigenvalue weighted by Gasteiger charge is 2.15. The Balaban J connectivity index is 1.76. The van der Waals surface area contributed by atoms with Crippen molar-refractivity contribution in [2.45, 2.75) is 0 Å². The van der Waals surface area contributed by atoms with E-state index in [1.807, 2.05) is 24.3 Å². The van der Waals surface area contributed by atoms with Gasteiger partial charge >= 0.3 is 5.97 Å². The summed E-state index contributed by atoms with van der Waals surface area (Å²) < 4.78 is 9.88. The molecule has 0 bridgehead atoms. The molecule has 0 aliphatic heterocycles. The van der Waals surface area contributed by atoms with Crippen LogP contribution in [0.5, 0.6) is 5.75 Å². The number of hydrogen-bond donors (Lipinski definition) is 2. The van der Waals surface area contributed by atoms with Crippen LogP contribution in [0.15, 0.2) is 66.9 Å². The van der Waals surface area contributed by atoms with Crippen molar-refractivity contribution in [1.29, 1.82) is 0 Å². The van der Waals surface area contributed by atoms with E-state index in [1.165, 1.54) is 13.3 Å². The SMILES string of the molecule is COC(=O)c1ccccc1NC(=O)c1cc(Nc2ccc(OC)cc2)ccn1. The number of benzene rings is 2. The molecule has 1 heterocycles. The third-order valence-corrected chi connectivity index (χ3v) is 3.95. The number of anilines is 3. The summed E-state index contributed by atoms with van der Waals surface area (Å²) in [5.41, 5.74) is 2.37. The molecule has 7 heteroatoms. The lowest BCUT2D eigenvalue weighted by molar-refractivity contribution is 0.0602. The summed E-state index contributed by atoms with van der Waals surface area (Å²) >= 11 is 0. The zero-order chi connectivity index (χ0) is 19.9. The van der Waals surface area contributed by atoms with E-state index in [0.717, 1.165) is 11.4 Å². The molecular weight excluding hydrogens is 358 g/mol. The number of methoxy groups -OCH3 is 2. The van der Waals surface area contributed by atoms with Crippen LogP contribution >= 0.6 is 0 Å². The van der Waals surface area contributed by atoms with E-state index in [0.29, 0.717) is 11.4 Å². The summed E-state index contributed by atoms with van der Waals surface area (Å²) in [5.74, 6) is -0.210. The normalized spacial score (nSPS) is 10.1. The highest BCUT2D eigenvalue weighted by molar-refractivity contribution is 6.07. The molecule has 0 spiro atoms. The Morgan fingerprint density at radius 3 is 2.39 bits per heavy atom. The van der Waals surface area contributed by atoms with Crippen LogP contribution in [-0.2, 0) is 4.74 Å². The number of rotatable bonds is 6. The molecule has 0 radical (unpaired) electrons. The molecule has 0 atom stereocenters. The van der Waals surface area contributed by atoms with Gasteiger partial charge in [-0.15, -0.1) is 0 Å². The Bertz CT molecular complexity index is 987. The topological polar surface area (TPSA) is 89.5 Å². The number of para-hydroxylation sites is 1. The molecular formula is C21H19N3O4. The van der Waals surface area contributed by atoms with Crippen molar-refractivity contribution in [3.05, 3.63) is 78.1 Å². The molecule has 28 heavy (non-hydrogen) atoms. The maximum Gasteiger partial charge on any atom is 0.339 e. The number of aromatic nitrogens is 1. The Morgan fingerprint density at radius 2 is 1.68 bits per heavy atom. The zero-order valence-corrected chi connectivity index (χ0v) is 15.4. The van der Waals surface area contributed by atoms with Gasteiger partial charge in [0.15, 0.2) is 0 Å². The van der Waals surface area contributed by atoms with Crippen LogP contribution in [0.3, 0.4) is 0 Å². The Hall–Kier alpha value is -3.87. The quantitative estimate of drug-likeness (QED) is 0.634. The summed E-state index contributed by atoms with van der Waals surface area (Å²) in [4.78, 5) is 28.6. The summed E-state index contributed by atoms with van der Waals surface area (Å²) in [5, 5.41) is 5.91. The first-order valence-corrected chi connectivity index (χ1v) is 8.46. The number of hydrogen-bond acceptors (Lipinski definition) is 6. The summed E-state index contributed by atoms with van der Waals surface area (Å²) in [7, 11) is 2.89. The minimum absolute atomic E-state index is 0.207. The molecule has 0 aliphatic rings. The maximum absolute atomic E-state index is 12.6. The third kappa shape index (κ3) is 4.45. The number of nitrogens with one attached hydrogen (secondary N) is 2. The summed E-state index contributed by atoms with van der Waals surface area (Å²) in [6.45, 7) is 0. The van der Waals surface area contributed by atoms with Crippen molar-refractivity contribution in [2.24, 2.45) is 0 Å². The number of carbonyl (C=O) groups excluding carboxylic acids is 2. The Labute approximate surface area is 162 Å². The van der Waals surface area contributed by atoms with Crippen molar-refractivity contribution in [1.82, 2.24) is 4.98 Å². The van der Waals surface area contributed by atoms with Gasteiger partial charge in [0.05, 0.1) is 25.5 Å². The van der Waals surface area contributed by atoms with Crippen molar-refractivity contribution in [2.75, 3.05) is 24.9 Å². The fourth-order valence-electron chi connectivity index (χ4n) is 2.54. The van der Waals surface area contributed by atoms with E-state index in [-0.39, 0.29) is 11.3 Å². The first kappa shape index (κ1) is 18.9. The summed E-state index contributed by atoms with van der Waals surface area (Å²) in [6.07, 6.45) is 1.53. The predicted octanol–water partition coefficient (Wildman–Crippen LogP) is 3.87. The monoisotopic (exact) mass is 377 g/mol. The van der Waals surface area contributed by atoms with Gasteiger partial charge in [-0.05, 0) is 48.5 Å². The maximum atomic E-state index is 12.6. The lowest BCUT2D eigenvalue weighted by Gasteiger charge is -2.11. The van der Waals surface area contributed by atoms with Crippen LogP contribution in [0.1, 0.15) is 20.8 Å². The van der Waals surface area contributed by atoms with Crippen LogP contribution in [0.2, 0.25) is 0 Å². The lowest BCUT2D eigenvalue weighted by atomic mass is 10.1. The molecule has 1 aromatic heterocycles. The smallest absolute Gasteiger partial charge is 0.339 e. The van der Waals surface area contributed by atoms with E-state index in [9.17, 15) is 9.59 Å². The van der Waals surface area contributed by atoms with E-state index in [2.05, 4.69) is 15.6 Å². The Morgan fingerprint density at radius 1 is 0.929 bits per heavy atom. The van der Waals surface area contributed by atoms with Gasteiger partial charge in [-0.2, -0.15) is 0 Å². The number of esters is 1. The van der Waals surface area contributed by atoms with Gasteiger partial charge in [0.1, 0.15) is 11.4 Å². The number of ether oxygens (including phenoxy) is 2. The van der Waals surface area contributed by atoms with E-state index in [4.69, 9.17) is 9.47 Å². The van der Waals surface area contributed by atoms with Gasteiger partial charge in [0, 0.05) is 17.6 Å². The molecule has 3 aromatic rings. The first-order chi connectivity index (χ1) is 13.6. The van der Waals surface area contributed by atoms with Crippen LogP contribution < -0.4 is 15.4 Å². The molecule has 0 aliphatic carbocycles. The van der Waals surface area contributed by atoms with Gasteiger partial charge in [-0.3, -0.25) is 9.78 Å². The second-order valence-corrected chi connectivity index (χ2v) is 5.77. The highest BCUT2D eigenvalue weighted by atomic mass is 16.5. The van der Waals surface area contributed by atoms with Crippen LogP contribution in [0.25, 0.3) is 0 Å². The average Bonchev–Trinajstić information content (AvgIpc) is 2.74. The fourth-order valence-corrected chi connectivity index (χ4v) is 2.54. The largest absolute Gasteiger partial charge is 0.497 e. The van der Waals surface area contributed by atoms with Crippen LogP contribution in [0.4, 0.5) is 17.1 Å². The number of nitrogens with zero attached hydrogens (tertiary/aromatic N) is 1. The van der Waals surface area contributed by atoms with Crippen LogP contribution in [0, 0.1) is 0 Å². The number of amides is 1. The first-order valence-electron chi connectivity index (χ1n) is 8.46. The highest BCUT2D eigenvalue weighted by Crippen LogP contribution is 2.21.